The van der Waals surface area contributed by atoms with E-state index in [1.807, 2.05) is 6.92 Å². The molecule has 1 N–H and O–H groups in total. The van der Waals surface area contributed by atoms with Crippen LogP contribution in [0.1, 0.15) is 37.0 Å². The summed E-state index contributed by atoms with van der Waals surface area (Å²) in [6.45, 7) is 6.80. The number of hydrogen-bond acceptors (Lipinski definition) is 5. The SMILES string of the molecule is CCC(C)n1c(-c2sc(COC)nc2C)n[nH]c1=S. The van der Waals surface area contributed by atoms with Crippen molar-refractivity contribution >= 4 is 23.6 Å². The van der Waals surface area contributed by atoms with Crippen LogP contribution in [0.15, 0.2) is 0 Å². The normalized spacial score (nSPS) is 12.8. The lowest BCUT2D eigenvalue weighted by atomic mass is 10.2. The Hall–Kier alpha value is -1.05. The molecule has 19 heavy (non-hydrogen) atoms. The van der Waals surface area contributed by atoms with Gasteiger partial charge in [-0.3, -0.25) is 9.67 Å². The van der Waals surface area contributed by atoms with Crippen LogP contribution in [-0.2, 0) is 11.3 Å². The standard InChI is InChI=1S/C12H18N4OS2/c1-5-7(2)16-11(14-15-12(16)18)10-8(3)13-9(19-10)6-17-4/h7H,5-6H2,1-4H3,(H,15,18). The molecular weight excluding hydrogens is 280 g/mol. The number of thiazole rings is 1. The fourth-order valence-corrected chi connectivity index (χ4v) is 3.24. The number of aromatic nitrogens is 4. The van der Waals surface area contributed by atoms with Gasteiger partial charge in [-0.1, -0.05) is 6.92 Å². The zero-order valence-electron chi connectivity index (χ0n) is 11.6. The van der Waals surface area contributed by atoms with Gasteiger partial charge in [-0.2, -0.15) is 5.10 Å². The third-order valence-electron chi connectivity index (χ3n) is 3.05. The highest BCUT2D eigenvalue weighted by Crippen LogP contribution is 2.31. The van der Waals surface area contributed by atoms with Crippen LogP contribution in [0.4, 0.5) is 0 Å². The molecule has 0 saturated heterocycles. The minimum atomic E-state index is 0.314. The van der Waals surface area contributed by atoms with Crippen molar-refractivity contribution in [3.05, 3.63) is 15.5 Å². The van der Waals surface area contributed by atoms with E-state index in [0.717, 1.165) is 27.8 Å². The van der Waals surface area contributed by atoms with Crippen molar-refractivity contribution in [2.45, 2.75) is 39.8 Å². The Balaban J connectivity index is 2.50. The summed E-state index contributed by atoms with van der Waals surface area (Å²) >= 11 is 6.93. The number of H-pyrrole nitrogens is 1. The van der Waals surface area contributed by atoms with Crippen LogP contribution >= 0.6 is 23.6 Å². The molecule has 104 valence electrons. The van der Waals surface area contributed by atoms with Gasteiger partial charge in [0.15, 0.2) is 10.6 Å². The van der Waals surface area contributed by atoms with Gasteiger partial charge in [0.2, 0.25) is 0 Å². The molecule has 0 fully saturated rings. The molecule has 2 aromatic heterocycles. The van der Waals surface area contributed by atoms with Crippen molar-refractivity contribution in [1.29, 1.82) is 0 Å². The molecule has 0 amide bonds. The predicted octanol–water partition coefficient (Wildman–Crippen LogP) is 3.49. The van der Waals surface area contributed by atoms with E-state index in [1.165, 1.54) is 0 Å². The molecule has 0 saturated carbocycles. The van der Waals surface area contributed by atoms with Crippen molar-refractivity contribution in [2.24, 2.45) is 0 Å². The Morgan fingerprint density at radius 2 is 2.26 bits per heavy atom. The Bertz CT molecular complexity index is 614. The molecule has 7 heteroatoms. The van der Waals surface area contributed by atoms with Crippen LogP contribution in [0.3, 0.4) is 0 Å². The first kappa shape index (κ1) is 14.4. The molecule has 0 radical (unpaired) electrons. The summed E-state index contributed by atoms with van der Waals surface area (Å²) in [5, 5.41) is 8.21. The van der Waals surface area contributed by atoms with Gasteiger partial charge in [0.25, 0.3) is 0 Å². The van der Waals surface area contributed by atoms with E-state index >= 15 is 0 Å². The second-order valence-electron chi connectivity index (χ2n) is 4.43. The van der Waals surface area contributed by atoms with Crippen LogP contribution in [0.25, 0.3) is 10.7 Å². The van der Waals surface area contributed by atoms with E-state index in [0.29, 0.717) is 17.4 Å². The zero-order valence-corrected chi connectivity index (χ0v) is 13.2. The summed E-state index contributed by atoms with van der Waals surface area (Å²) in [5.74, 6) is 0.872. The van der Waals surface area contributed by atoms with Gasteiger partial charge in [0.1, 0.15) is 5.01 Å². The van der Waals surface area contributed by atoms with Crippen molar-refractivity contribution < 1.29 is 4.74 Å². The first-order chi connectivity index (χ1) is 9.08. The molecule has 2 aromatic rings. The number of aromatic amines is 1. The maximum atomic E-state index is 5.32. The Labute approximate surface area is 121 Å². The van der Waals surface area contributed by atoms with E-state index in [2.05, 4.69) is 33.6 Å². The maximum Gasteiger partial charge on any atom is 0.195 e. The molecule has 1 atom stereocenters. The number of aryl methyl sites for hydroxylation is 1. The van der Waals surface area contributed by atoms with Crippen LogP contribution in [-0.4, -0.2) is 26.9 Å². The van der Waals surface area contributed by atoms with Gasteiger partial charge in [-0.25, -0.2) is 4.98 Å². The maximum absolute atomic E-state index is 5.32. The Morgan fingerprint density at radius 3 is 2.89 bits per heavy atom. The molecular formula is C12H18N4OS2. The average Bonchev–Trinajstić information content (AvgIpc) is 2.92. The summed E-state index contributed by atoms with van der Waals surface area (Å²) in [5.41, 5.74) is 0.968. The number of ether oxygens (including phenoxy) is 1. The van der Waals surface area contributed by atoms with Crippen LogP contribution in [0.5, 0.6) is 0 Å². The van der Waals surface area contributed by atoms with Gasteiger partial charge < -0.3 is 4.74 Å². The molecule has 0 spiro atoms. The number of methoxy groups -OCH3 is 1. The summed E-state index contributed by atoms with van der Waals surface area (Å²) in [7, 11) is 1.67. The van der Waals surface area contributed by atoms with Crippen molar-refractivity contribution in [2.75, 3.05) is 7.11 Å². The van der Waals surface area contributed by atoms with E-state index in [1.54, 1.807) is 18.4 Å². The predicted molar refractivity (Wildman–Crippen MR) is 79.0 cm³/mol. The summed E-state index contributed by atoms with van der Waals surface area (Å²) < 4.78 is 7.85. The largest absolute Gasteiger partial charge is 0.378 e. The van der Waals surface area contributed by atoms with Crippen molar-refractivity contribution in [3.63, 3.8) is 0 Å². The fraction of sp³-hybridized carbons (Fsp3) is 0.583. The van der Waals surface area contributed by atoms with Crippen molar-refractivity contribution in [3.8, 4) is 10.7 Å². The molecule has 0 bridgehead atoms. The molecule has 0 aliphatic carbocycles. The summed E-state index contributed by atoms with van der Waals surface area (Å²) in [6.07, 6.45) is 1.00. The molecule has 2 heterocycles. The minimum Gasteiger partial charge on any atom is -0.378 e. The van der Waals surface area contributed by atoms with Crippen LogP contribution < -0.4 is 0 Å². The first-order valence-corrected chi connectivity index (χ1v) is 7.43. The Morgan fingerprint density at radius 1 is 1.53 bits per heavy atom. The van der Waals surface area contributed by atoms with Gasteiger partial charge in [0, 0.05) is 13.2 Å². The topological polar surface area (TPSA) is 55.7 Å². The molecule has 0 aliphatic rings. The molecule has 0 aromatic carbocycles. The second-order valence-corrected chi connectivity index (χ2v) is 5.91. The number of hydrogen-bond donors (Lipinski definition) is 1. The number of rotatable bonds is 5. The van der Waals surface area contributed by atoms with Gasteiger partial charge in [-0.15, -0.1) is 11.3 Å². The minimum absolute atomic E-state index is 0.314. The lowest BCUT2D eigenvalue weighted by molar-refractivity contribution is 0.184. The third-order valence-corrected chi connectivity index (χ3v) is 4.46. The third kappa shape index (κ3) is 2.77. The highest BCUT2D eigenvalue weighted by Gasteiger charge is 2.18. The monoisotopic (exact) mass is 298 g/mol. The number of nitrogens with one attached hydrogen (secondary N) is 1. The smallest absolute Gasteiger partial charge is 0.195 e. The zero-order chi connectivity index (χ0) is 14.0. The quantitative estimate of drug-likeness (QED) is 0.859. The molecule has 1 unspecified atom stereocenters. The van der Waals surface area contributed by atoms with Gasteiger partial charge in [0.05, 0.1) is 17.2 Å². The Kier molecular flexibility index (Phi) is 4.49. The first-order valence-electron chi connectivity index (χ1n) is 6.21. The lowest BCUT2D eigenvalue weighted by Crippen LogP contribution is -2.06. The lowest BCUT2D eigenvalue weighted by Gasteiger charge is -2.12. The van der Waals surface area contributed by atoms with Gasteiger partial charge in [-0.05, 0) is 32.5 Å². The van der Waals surface area contributed by atoms with E-state index < -0.39 is 0 Å². The van der Waals surface area contributed by atoms with Crippen molar-refractivity contribution in [1.82, 2.24) is 19.7 Å². The van der Waals surface area contributed by atoms with E-state index in [4.69, 9.17) is 17.0 Å². The molecule has 5 nitrogen and oxygen atoms in total. The van der Waals surface area contributed by atoms with E-state index in [9.17, 15) is 0 Å². The summed E-state index contributed by atoms with van der Waals surface area (Å²) in [6, 6.07) is 0.314. The second kappa shape index (κ2) is 5.94. The fourth-order valence-electron chi connectivity index (χ4n) is 1.90. The molecule has 0 aliphatic heterocycles. The van der Waals surface area contributed by atoms with E-state index in [-0.39, 0.29) is 0 Å². The van der Waals surface area contributed by atoms with Crippen LogP contribution in [0.2, 0.25) is 0 Å². The molecule has 2 rings (SSSR count). The number of nitrogens with zero attached hydrogens (tertiary/aromatic N) is 3. The highest BCUT2D eigenvalue weighted by molar-refractivity contribution is 7.71. The average molecular weight is 298 g/mol. The highest BCUT2D eigenvalue weighted by atomic mass is 32.1. The van der Waals surface area contributed by atoms with Crippen LogP contribution in [0, 0.1) is 11.7 Å². The van der Waals surface area contributed by atoms with Gasteiger partial charge >= 0.3 is 0 Å². The summed E-state index contributed by atoms with van der Waals surface area (Å²) in [4.78, 5) is 5.56.